The first-order valence-electron chi connectivity index (χ1n) is 7.05. The van der Waals surface area contributed by atoms with Gasteiger partial charge in [-0.2, -0.15) is 10.1 Å². The molecule has 0 aliphatic carbocycles. The second-order valence-corrected chi connectivity index (χ2v) is 5.05. The fourth-order valence-electron chi connectivity index (χ4n) is 2.22. The summed E-state index contributed by atoms with van der Waals surface area (Å²) in [4.78, 5) is 32.4. The number of hydrogen-bond acceptors (Lipinski definition) is 5. The van der Waals surface area contributed by atoms with Crippen molar-refractivity contribution in [3.8, 4) is 5.69 Å². The normalized spacial score (nSPS) is 10.7. The summed E-state index contributed by atoms with van der Waals surface area (Å²) in [6, 6.07) is 9.42. The molecule has 0 aliphatic heterocycles. The Kier molecular flexibility index (Phi) is 3.80. The van der Waals surface area contributed by atoms with E-state index in [9.17, 15) is 9.59 Å². The van der Waals surface area contributed by atoms with Crippen molar-refractivity contribution in [2.24, 2.45) is 0 Å². The maximum absolute atomic E-state index is 12.2. The lowest BCUT2D eigenvalue weighted by Crippen LogP contribution is -2.34. The number of amides is 1. The van der Waals surface area contributed by atoms with Crippen LogP contribution in [0.3, 0.4) is 0 Å². The number of aromatic amines is 1. The van der Waals surface area contributed by atoms with Gasteiger partial charge in [-0.1, -0.05) is 18.2 Å². The van der Waals surface area contributed by atoms with Gasteiger partial charge in [0.25, 0.3) is 5.56 Å². The lowest BCUT2D eigenvalue weighted by atomic mass is 10.3. The predicted octanol–water partition coefficient (Wildman–Crippen LogP) is 0.291. The maximum Gasteiger partial charge on any atom is 0.263 e. The third kappa shape index (κ3) is 2.78. The quantitative estimate of drug-likeness (QED) is 0.722. The molecule has 118 valence electrons. The van der Waals surface area contributed by atoms with Gasteiger partial charge in [0.1, 0.15) is 5.39 Å². The number of carbonyl (C=O) groups excluding carboxylic acids is 1. The zero-order chi connectivity index (χ0) is 16.4. The standard InChI is InChI=1S/C15H16N6O2/c1-16-12(22)9-20(2)15-18-13-11(14(23)19-15)8-17-21(13)10-6-4-3-5-7-10/h3-8H,9H2,1-2H3,(H,16,22)(H,18,19,23). The smallest absolute Gasteiger partial charge is 0.263 e. The van der Waals surface area contributed by atoms with E-state index in [1.165, 1.54) is 6.20 Å². The van der Waals surface area contributed by atoms with Gasteiger partial charge in [0.2, 0.25) is 11.9 Å². The number of rotatable bonds is 4. The zero-order valence-corrected chi connectivity index (χ0v) is 12.8. The van der Waals surface area contributed by atoms with Crippen LogP contribution in [-0.2, 0) is 4.79 Å². The molecular weight excluding hydrogens is 296 g/mol. The molecule has 23 heavy (non-hydrogen) atoms. The van der Waals surface area contributed by atoms with Crippen LogP contribution in [0.1, 0.15) is 0 Å². The van der Waals surface area contributed by atoms with E-state index >= 15 is 0 Å². The molecule has 0 saturated carbocycles. The third-order valence-electron chi connectivity index (χ3n) is 3.45. The molecule has 3 aromatic rings. The van der Waals surface area contributed by atoms with Gasteiger partial charge >= 0.3 is 0 Å². The van der Waals surface area contributed by atoms with Gasteiger partial charge in [-0.25, -0.2) is 4.68 Å². The number of H-pyrrole nitrogens is 1. The van der Waals surface area contributed by atoms with Crippen LogP contribution in [0.15, 0.2) is 41.3 Å². The summed E-state index contributed by atoms with van der Waals surface area (Å²) in [5.41, 5.74) is 0.954. The number of carbonyl (C=O) groups is 1. The summed E-state index contributed by atoms with van der Waals surface area (Å²) in [6.07, 6.45) is 1.48. The number of benzene rings is 1. The van der Waals surface area contributed by atoms with Crippen LogP contribution in [0.25, 0.3) is 16.7 Å². The van der Waals surface area contributed by atoms with Gasteiger partial charge in [0.15, 0.2) is 5.65 Å². The van der Waals surface area contributed by atoms with Crippen LogP contribution in [0.2, 0.25) is 0 Å². The monoisotopic (exact) mass is 312 g/mol. The predicted molar refractivity (Wildman–Crippen MR) is 86.8 cm³/mol. The minimum atomic E-state index is -0.295. The third-order valence-corrected chi connectivity index (χ3v) is 3.45. The minimum absolute atomic E-state index is 0.0877. The molecule has 2 aromatic heterocycles. The van der Waals surface area contributed by atoms with E-state index in [1.807, 2.05) is 30.3 Å². The second kappa shape index (κ2) is 5.91. The summed E-state index contributed by atoms with van der Waals surface area (Å²) in [7, 11) is 3.24. The highest BCUT2D eigenvalue weighted by Gasteiger charge is 2.14. The summed E-state index contributed by atoms with van der Waals surface area (Å²) in [6.45, 7) is 0.0877. The lowest BCUT2D eigenvalue weighted by Gasteiger charge is -2.16. The Hall–Kier alpha value is -3.16. The second-order valence-electron chi connectivity index (χ2n) is 5.05. The van der Waals surface area contributed by atoms with Gasteiger partial charge in [-0.05, 0) is 12.1 Å². The Labute approximate surface area is 131 Å². The lowest BCUT2D eigenvalue weighted by molar-refractivity contribution is -0.119. The average molecular weight is 312 g/mol. The molecule has 2 N–H and O–H groups in total. The van der Waals surface area contributed by atoms with Gasteiger partial charge in [0, 0.05) is 14.1 Å². The van der Waals surface area contributed by atoms with Crippen LogP contribution < -0.4 is 15.8 Å². The molecular formula is C15H16N6O2. The van der Waals surface area contributed by atoms with E-state index < -0.39 is 0 Å². The van der Waals surface area contributed by atoms with Crippen molar-refractivity contribution in [2.45, 2.75) is 0 Å². The van der Waals surface area contributed by atoms with Crippen LogP contribution in [0.4, 0.5) is 5.95 Å². The topological polar surface area (TPSA) is 95.9 Å². The van der Waals surface area contributed by atoms with E-state index in [0.29, 0.717) is 17.0 Å². The van der Waals surface area contributed by atoms with E-state index in [1.54, 1.807) is 23.7 Å². The largest absolute Gasteiger partial charge is 0.358 e. The molecule has 0 unspecified atom stereocenters. The fourth-order valence-corrected chi connectivity index (χ4v) is 2.22. The number of hydrogen-bond donors (Lipinski definition) is 2. The summed E-state index contributed by atoms with van der Waals surface area (Å²) in [5.74, 6) is 0.135. The van der Waals surface area contributed by atoms with Crippen molar-refractivity contribution >= 4 is 22.9 Å². The Balaban J connectivity index is 2.09. The molecule has 3 rings (SSSR count). The highest BCUT2D eigenvalue weighted by atomic mass is 16.2. The number of nitrogens with zero attached hydrogens (tertiary/aromatic N) is 4. The Morgan fingerprint density at radius 3 is 2.78 bits per heavy atom. The van der Waals surface area contributed by atoms with Gasteiger partial charge < -0.3 is 10.2 Å². The number of fused-ring (bicyclic) bond motifs is 1. The molecule has 0 saturated heterocycles. The number of aromatic nitrogens is 4. The van der Waals surface area contributed by atoms with Crippen LogP contribution in [-0.4, -0.2) is 46.3 Å². The van der Waals surface area contributed by atoms with E-state index in [-0.39, 0.29) is 18.0 Å². The average Bonchev–Trinajstić information content (AvgIpc) is 3.00. The van der Waals surface area contributed by atoms with E-state index in [2.05, 4.69) is 20.4 Å². The van der Waals surface area contributed by atoms with Crippen molar-refractivity contribution in [3.05, 3.63) is 46.9 Å². The molecule has 2 heterocycles. The Morgan fingerprint density at radius 1 is 1.35 bits per heavy atom. The van der Waals surface area contributed by atoms with Crippen molar-refractivity contribution in [2.75, 3.05) is 25.5 Å². The SMILES string of the molecule is CNC(=O)CN(C)c1nc2c(cnn2-c2ccccc2)c(=O)[nH]1. The summed E-state index contributed by atoms with van der Waals surface area (Å²) in [5, 5.41) is 7.17. The highest BCUT2D eigenvalue weighted by Crippen LogP contribution is 2.15. The minimum Gasteiger partial charge on any atom is -0.358 e. The number of nitrogens with one attached hydrogen (secondary N) is 2. The van der Waals surface area contributed by atoms with Gasteiger partial charge in [0.05, 0.1) is 18.4 Å². The first-order chi connectivity index (χ1) is 11.1. The van der Waals surface area contributed by atoms with Crippen LogP contribution in [0.5, 0.6) is 0 Å². The maximum atomic E-state index is 12.2. The fraction of sp³-hybridized carbons (Fsp3) is 0.200. The zero-order valence-electron chi connectivity index (χ0n) is 12.8. The first kappa shape index (κ1) is 14.8. The molecule has 0 spiro atoms. The van der Waals surface area contributed by atoms with Crippen LogP contribution >= 0.6 is 0 Å². The number of anilines is 1. The molecule has 0 aliphatic rings. The molecule has 1 aromatic carbocycles. The van der Waals surface area contributed by atoms with Crippen molar-refractivity contribution in [3.63, 3.8) is 0 Å². The molecule has 0 atom stereocenters. The van der Waals surface area contributed by atoms with Gasteiger partial charge in [-0.15, -0.1) is 0 Å². The molecule has 0 bridgehead atoms. The Bertz CT molecular complexity index is 899. The molecule has 8 nitrogen and oxygen atoms in total. The number of likely N-dealkylation sites (N-methyl/N-ethyl adjacent to an activating group) is 2. The van der Waals surface area contributed by atoms with Crippen molar-refractivity contribution in [1.29, 1.82) is 0 Å². The summed E-state index contributed by atoms with van der Waals surface area (Å²) >= 11 is 0. The number of para-hydroxylation sites is 1. The Morgan fingerprint density at radius 2 is 2.09 bits per heavy atom. The van der Waals surface area contributed by atoms with E-state index in [4.69, 9.17) is 0 Å². The summed E-state index contributed by atoms with van der Waals surface area (Å²) < 4.78 is 1.60. The molecule has 0 radical (unpaired) electrons. The molecule has 1 amide bonds. The molecule has 8 heteroatoms. The van der Waals surface area contributed by atoms with E-state index in [0.717, 1.165) is 5.69 Å². The van der Waals surface area contributed by atoms with Crippen LogP contribution in [0, 0.1) is 0 Å². The molecule has 0 fully saturated rings. The van der Waals surface area contributed by atoms with Crippen molar-refractivity contribution < 1.29 is 4.79 Å². The van der Waals surface area contributed by atoms with Crippen molar-refractivity contribution in [1.82, 2.24) is 25.1 Å². The first-order valence-corrected chi connectivity index (χ1v) is 7.05. The highest BCUT2D eigenvalue weighted by molar-refractivity contribution is 5.81. The van der Waals surface area contributed by atoms with Gasteiger partial charge in [-0.3, -0.25) is 14.6 Å².